The summed E-state index contributed by atoms with van der Waals surface area (Å²) < 4.78 is 18.7. The van der Waals surface area contributed by atoms with Gasteiger partial charge in [-0.1, -0.05) is 35.5 Å². The molecule has 0 saturated heterocycles. The van der Waals surface area contributed by atoms with E-state index in [9.17, 15) is 14.0 Å². The third-order valence-corrected chi connectivity index (χ3v) is 4.18. The maximum atomic E-state index is 13.6. The Labute approximate surface area is 158 Å². The molecule has 0 radical (unpaired) electrons. The van der Waals surface area contributed by atoms with Crippen molar-refractivity contribution in [2.45, 2.75) is 12.8 Å². The smallest absolute Gasteiger partial charge is 0.259 e. The van der Waals surface area contributed by atoms with Gasteiger partial charge in [0.15, 0.2) is 0 Å². The Morgan fingerprint density at radius 1 is 1.14 bits per heavy atom. The zero-order chi connectivity index (χ0) is 19.5. The van der Waals surface area contributed by atoms with Crippen molar-refractivity contribution in [3.63, 3.8) is 0 Å². The number of amides is 1. The van der Waals surface area contributed by atoms with E-state index in [4.69, 9.17) is 4.52 Å². The highest BCUT2D eigenvalue weighted by molar-refractivity contribution is 5.90. The fourth-order valence-electron chi connectivity index (χ4n) is 2.78. The molecule has 2 heterocycles. The number of aromatic amines is 1. The number of nitrogens with one attached hydrogen (secondary N) is 2. The van der Waals surface area contributed by atoms with Crippen LogP contribution in [0.2, 0.25) is 0 Å². The second-order valence-corrected chi connectivity index (χ2v) is 6.14. The number of carbonyl (C=O) groups is 1. The van der Waals surface area contributed by atoms with Crippen molar-refractivity contribution in [1.29, 1.82) is 0 Å². The molecule has 0 aliphatic heterocycles. The first-order valence-corrected chi connectivity index (χ1v) is 8.59. The standard InChI is InChI=1S/C20H15FN4O3/c21-14-6-2-4-8-16(14)22-17(26)9-10-18-24-19(25-28-18)13-11-12-5-1-3-7-15(12)23-20(13)27/h1-8,11H,9-10H2,(H,22,26)(H,23,27). The zero-order valence-corrected chi connectivity index (χ0v) is 14.6. The van der Waals surface area contributed by atoms with E-state index in [0.717, 1.165) is 5.39 Å². The number of hydrogen-bond donors (Lipinski definition) is 2. The Bertz CT molecular complexity index is 1220. The van der Waals surface area contributed by atoms with Crippen molar-refractivity contribution in [1.82, 2.24) is 15.1 Å². The SMILES string of the molecule is O=C(CCc1nc(-c2cc3ccccc3[nH]c2=O)no1)Nc1ccccc1F. The van der Waals surface area contributed by atoms with Gasteiger partial charge in [-0.15, -0.1) is 0 Å². The molecule has 0 aliphatic rings. The van der Waals surface area contributed by atoms with Gasteiger partial charge in [0.25, 0.3) is 5.56 Å². The van der Waals surface area contributed by atoms with Gasteiger partial charge >= 0.3 is 0 Å². The fourth-order valence-corrected chi connectivity index (χ4v) is 2.78. The molecule has 7 nitrogen and oxygen atoms in total. The van der Waals surface area contributed by atoms with Crippen LogP contribution in [0.25, 0.3) is 22.3 Å². The summed E-state index contributed by atoms with van der Waals surface area (Å²) in [5, 5.41) is 7.16. The molecular formula is C20H15FN4O3. The molecule has 2 aromatic carbocycles. The predicted molar refractivity (Wildman–Crippen MR) is 101 cm³/mol. The zero-order valence-electron chi connectivity index (χ0n) is 14.6. The summed E-state index contributed by atoms with van der Waals surface area (Å²) in [6.45, 7) is 0. The lowest BCUT2D eigenvalue weighted by molar-refractivity contribution is -0.116. The summed E-state index contributed by atoms with van der Waals surface area (Å²) in [5.74, 6) is -0.525. The molecule has 0 aliphatic carbocycles. The lowest BCUT2D eigenvalue weighted by Crippen LogP contribution is -2.13. The van der Waals surface area contributed by atoms with Crippen LogP contribution >= 0.6 is 0 Å². The van der Waals surface area contributed by atoms with Gasteiger partial charge in [0.2, 0.25) is 17.6 Å². The first kappa shape index (κ1) is 17.6. The number of fused-ring (bicyclic) bond motifs is 1. The van der Waals surface area contributed by atoms with Gasteiger partial charge in [-0.2, -0.15) is 4.98 Å². The van der Waals surface area contributed by atoms with Gasteiger partial charge in [-0.05, 0) is 29.7 Å². The highest BCUT2D eigenvalue weighted by Crippen LogP contribution is 2.18. The van der Waals surface area contributed by atoms with Gasteiger partial charge in [-0.25, -0.2) is 4.39 Å². The summed E-state index contributed by atoms with van der Waals surface area (Å²) in [5.41, 5.74) is 0.777. The van der Waals surface area contributed by atoms with Crippen LogP contribution in [0.5, 0.6) is 0 Å². The minimum Gasteiger partial charge on any atom is -0.339 e. The molecule has 0 fully saturated rings. The number of hydrogen-bond acceptors (Lipinski definition) is 5. The number of aromatic nitrogens is 3. The third-order valence-electron chi connectivity index (χ3n) is 4.18. The van der Waals surface area contributed by atoms with E-state index in [1.807, 2.05) is 18.2 Å². The van der Waals surface area contributed by atoms with Gasteiger partial charge in [0.05, 0.1) is 11.3 Å². The number of pyridine rings is 1. The number of carbonyl (C=O) groups excluding carboxylic acids is 1. The molecule has 0 saturated carbocycles. The second-order valence-electron chi connectivity index (χ2n) is 6.14. The molecule has 8 heteroatoms. The van der Waals surface area contributed by atoms with Crippen molar-refractivity contribution in [3.05, 3.63) is 76.7 Å². The summed E-state index contributed by atoms with van der Waals surface area (Å²) >= 11 is 0. The Balaban J connectivity index is 1.46. The van der Waals surface area contributed by atoms with Crippen LogP contribution in [-0.2, 0) is 11.2 Å². The van der Waals surface area contributed by atoms with Crippen LogP contribution in [0.15, 0.2) is 63.9 Å². The molecule has 28 heavy (non-hydrogen) atoms. The lowest BCUT2D eigenvalue weighted by atomic mass is 10.1. The van der Waals surface area contributed by atoms with Gasteiger partial charge < -0.3 is 14.8 Å². The molecule has 4 aromatic rings. The molecule has 2 N–H and O–H groups in total. The quantitative estimate of drug-likeness (QED) is 0.555. The topological polar surface area (TPSA) is 101 Å². The molecular weight excluding hydrogens is 363 g/mol. The molecule has 140 valence electrons. The summed E-state index contributed by atoms with van der Waals surface area (Å²) in [4.78, 5) is 31.2. The average Bonchev–Trinajstić information content (AvgIpc) is 3.16. The fraction of sp³-hybridized carbons (Fsp3) is 0.100. The third kappa shape index (κ3) is 3.66. The average molecular weight is 378 g/mol. The van der Waals surface area contributed by atoms with Crippen molar-refractivity contribution >= 4 is 22.5 Å². The van der Waals surface area contributed by atoms with Crippen molar-refractivity contribution < 1.29 is 13.7 Å². The van der Waals surface area contributed by atoms with Crippen LogP contribution in [0.1, 0.15) is 12.3 Å². The summed E-state index contributed by atoms with van der Waals surface area (Å²) in [6.07, 6.45) is 0.197. The predicted octanol–water partition coefficient (Wildman–Crippen LogP) is 3.29. The lowest BCUT2D eigenvalue weighted by Gasteiger charge is -2.04. The van der Waals surface area contributed by atoms with Gasteiger partial charge in [0.1, 0.15) is 5.82 Å². The minimum absolute atomic E-state index is 0.0318. The largest absolute Gasteiger partial charge is 0.339 e. The van der Waals surface area contributed by atoms with Gasteiger partial charge in [0, 0.05) is 18.4 Å². The number of rotatable bonds is 5. The molecule has 0 spiro atoms. The van der Waals surface area contributed by atoms with E-state index in [2.05, 4.69) is 20.4 Å². The van der Waals surface area contributed by atoms with Crippen molar-refractivity contribution in [3.8, 4) is 11.4 Å². The van der Waals surface area contributed by atoms with E-state index in [-0.39, 0.29) is 47.3 Å². The van der Waals surface area contributed by atoms with Crippen LogP contribution in [0.3, 0.4) is 0 Å². The molecule has 0 bridgehead atoms. The van der Waals surface area contributed by atoms with E-state index in [1.165, 1.54) is 12.1 Å². The Morgan fingerprint density at radius 2 is 1.93 bits per heavy atom. The number of benzene rings is 2. The van der Waals surface area contributed by atoms with E-state index in [0.29, 0.717) is 5.52 Å². The van der Waals surface area contributed by atoms with Crippen molar-refractivity contribution in [2.75, 3.05) is 5.32 Å². The highest BCUT2D eigenvalue weighted by Gasteiger charge is 2.14. The second kappa shape index (κ2) is 7.43. The van der Waals surface area contributed by atoms with E-state index in [1.54, 1.807) is 24.3 Å². The number of H-pyrrole nitrogens is 1. The Hall–Kier alpha value is -3.81. The van der Waals surface area contributed by atoms with Crippen LogP contribution in [0.4, 0.5) is 10.1 Å². The van der Waals surface area contributed by atoms with Crippen molar-refractivity contribution in [2.24, 2.45) is 0 Å². The first-order valence-electron chi connectivity index (χ1n) is 8.59. The van der Waals surface area contributed by atoms with E-state index >= 15 is 0 Å². The Morgan fingerprint density at radius 3 is 2.79 bits per heavy atom. The van der Waals surface area contributed by atoms with Gasteiger partial charge in [-0.3, -0.25) is 9.59 Å². The molecule has 2 aromatic heterocycles. The number of para-hydroxylation sites is 2. The first-order chi connectivity index (χ1) is 13.6. The molecule has 1 amide bonds. The summed E-state index contributed by atoms with van der Waals surface area (Å²) in [6, 6.07) is 15.0. The number of anilines is 1. The maximum absolute atomic E-state index is 13.6. The molecule has 4 rings (SSSR count). The highest BCUT2D eigenvalue weighted by atomic mass is 19.1. The number of nitrogens with zero attached hydrogens (tertiary/aromatic N) is 2. The number of halogens is 1. The Kier molecular flexibility index (Phi) is 4.67. The van der Waals surface area contributed by atoms with E-state index < -0.39 is 5.82 Å². The monoisotopic (exact) mass is 378 g/mol. The molecule has 0 unspecified atom stereocenters. The minimum atomic E-state index is -0.508. The number of aryl methyl sites for hydroxylation is 1. The van der Waals surface area contributed by atoms with Crippen LogP contribution in [-0.4, -0.2) is 21.0 Å². The summed E-state index contributed by atoms with van der Waals surface area (Å²) in [7, 11) is 0. The normalized spacial score (nSPS) is 10.9. The van der Waals surface area contributed by atoms with Crippen LogP contribution < -0.4 is 10.9 Å². The molecule has 0 atom stereocenters. The maximum Gasteiger partial charge on any atom is 0.259 e. The van der Waals surface area contributed by atoms with Crippen LogP contribution in [0, 0.1) is 5.82 Å².